The van der Waals surface area contributed by atoms with E-state index in [1.807, 2.05) is 17.5 Å². The normalized spacial score (nSPS) is 10.4. The van der Waals surface area contributed by atoms with Gasteiger partial charge in [0.05, 0.1) is 0 Å². The Balaban J connectivity index is 1.63. The van der Waals surface area contributed by atoms with E-state index in [2.05, 4.69) is 45.9 Å². The van der Waals surface area contributed by atoms with Gasteiger partial charge in [-0.3, -0.25) is 0 Å². The number of thiocarbonyl (C=S) groups is 1. The topological polar surface area (TPSA) is 37.0 Å². The van der Waals surface area contributed by atoms with Crippen molar-refractivity contribution in [2.75, 3.05) is 5.32 Å². The summed E-state index contributed by atoms with van der Waals surface area (Å²) in [4.78, 5) is 4.13. The summed E-state index contributed by atoms with van der Waals surface area (Å²) in [5.74, 6) is 0. The summed E-state index contributed by atoms with van der Waals surface area (Å²) in [5, 5.41) is 12.0. The van der Waals surface area contributed by atoms with Crippen molar-refractivity contribution < 1.29 is 0 Å². The first kappa shape index (κ1) is 13.0. The summed E-state index contributed by atoms with van der Waals surface area (Å²) >= 11 is 6.77. The van der Waals surface area contributed by atoms with Crippen LogP contribution < -0.4 is 10.6 Å². The zero-order valence-corrected chi connectivity index (χ0v) is 12.3. The van der Waals surface area contributed by atoms with Gasteiger partial charge in [-0.15, -0.1) is 11.3 Å². The molecule has 0 spiro atoms. The lowest BCUT2D eigenvalue weighted by atomic mass is 10.1. The molecule has 100 valence electrons. The molecular weight excluding hydrogens is 286 g/mol. The molecule has 3 aromatic rings. The molecule has 2 N–H and O–H groups in total. The molecule has 20 heavy (non-hydrogen) atoms. The SMILES string of the molecule is S=C(NCc1ccc2ccccc2c1)Nc1nccs1. The minimum absolute atomic E-state index is 0.591. The van der Waals surface area contributed by atoms with E-state index in [9.17, 15) is 0 Å². The number of aromatic nitrogens is 1. The summed E-state index contributed by atoms with van der Waals surface area (Å²) in [6.07, 6.45) is 1.75. The monoisotopic (exact) mass is 299 g/mol. The summed E-state index contributed by atoms with van der Waals surface area (Å²) < 4.78 is 0. The number of rotatable bonds is 3. The molecule has 3 nitrogen and oxygen atoms in total. The number of hydrogen-bond donors (Lipinski definition) is 2. The molecule has 0 radical (unpaired) electrons. The van der Waals surface area contributed by atoms with Crippen LogP contribution in [0.4, 0.5) is 5.13 Å². The van der Waals surface area contributed by atoms with Crippen LogP contribution in [0.25, 0.3) is 10.8 Å². The molecule has 0 amide bonds. The molecule has 0 atom stereocenters. The van der Waals surface area contributed by atoms with Crippen LogP contribution in [-0.4, -0.2) is 10.1 Å². The second-order valence-electron chi connectivity index (χ2n) is 4.33. The van der Waals surface area contributed by atoms with Crippen LogP contribution in [0.1, 0.15) is 5.56 Å². The Hall–Kier alpha value is -1.98. The van der Waals surface area contributed by atoms with Gasteiger partial charge in [-0.2, -0.15) is 0 Å². The van der Waals surface area contributed by atoms with Gasteiger partial charge in [0.2, 0.25) is 0 Å². The fourth-order valence-corrected chi connectivity index (χ4v) is 2.72. The van der Waals surface area contributed by atoms with E-state index in [0.29, 0.717) is 11.7 Å². The standard InChI is InChI=1S/C15H13N3S2/c19-14(18-15-16-7-8-20-15)17-10-11-5-6-12-3-1-2-4-13(12)9-11/h1-9H,10H2,(H2,16,17,18,19). The van der Waals surface area contributed by atoms with Crippen molar-refractivity contribution in [2.45, 2.75) is 6.54 Å². The third-order valence-corrected chi connectivity index (χ3v) is 3.85. The average Bonchev–Trinajstić information content (AvgIpc) is 2.98. The van der Waals surface area contributed by atoms with E-state index < -0.39 is 0 Å². The highest BCUT2D eigenvalue weighted by molar-refractivity contribution is 7.80. The smallest absolute Gasteiger partial charge is 0.188 e. The first-order chi connectivity index (χ1) is 9.81. The van der Waals surface area contributed by atoms with Gasteiger partial charge in [-0.25, -0.2) is 4.98 Å². The van der Waals surface area contributed by atoms with Gasteiger partial charge < -0.3 is 10.6 Å². The van der Waals surface area contributed by atoms with Crippen LogP contribution in [0.5, 0.6) is 0 Å². The molecule has 0 aliphatic heterocycles. The molecule has 0 fully saturated rings. The van der Waals surface area contributed by atoms with Crippen molar-refractivity contribution >= 4 is 44.6 Å². The Bertz CT molecular complexity index is 723. The van der Waals surface area contributed by atoms with Crippen LogP contribution in [-0.2, 0) is 6.54 Å². The molecular formula is C15H13N3S2. The summed E-state index contributed by atoms with van der Waals surface area (Å²) in [6, 6.07) is 14.7. The third-order valence-electron chi connectivity index (χ3n) is 2.92. The maximum atomic E-state index is 5.24. The Morgan fingerprint density at radius 3 is 2.80 bits per heavy atom. The van der Waals surface area contributed by atoms with Crippen molar-refractivity contribution in [3.63, 3.8) is 0 Å². The van der Waals surface area contributed by atoms with Crippen molar-refractivity contribution in [1.29, 1.82) is 0 Å². The molecule has 0 saturated carbocycles. The van der Waals surface area contributed by atoms with Gasteiger partial charge in [-0.05, 0) is 34.6 Å². The molecule has 1 heterocycles. The maximum Gasteiger partial charge on any atom is 0.188 e. The third kappa shape index (κ3) is 3.12. The number of thiazole rings is 1. The highest BCUT2D eigenvalue weighted by Gasteiger charge is 2.00. The van der Waals surface area contributed by atoms with E-state index in [4.69, 9.17) is 12.2 Å². The predicted molar refractivity (Wildman–Crippen MR) is 89.1 cm³/mol. The van der Waals surface area contributed by atoms with E-state index in [0.717, 1.165) is 5.13 Å². The second-order valence-corrected chi connectivity index (χ2v) is 5.63. The van der Waals surface area contributed by atoms with E-state index in [-0.39, 0.29) is 0 Å². The molecule has 0 bridgehead atoms. The van der Waals surface area contributed by atoms with Gasteiger partial charge in [0, 0.05) is 18.1 Å². The zero-order valence-electron chi connectivity index (χ0n) is 10.7. The van der Waals surface area contributed by atoms with Gasteiger partial charge in [0.15, 0.2) is 10.2 Å². The zero-order chi connectivity index (χ0) is 13.8. The largest absolute Gasteiger partial charge is 0.358 e. The Morgan fingerprint density at radius 1 is 1.15 bits per heavy atom. The number of anilines is 1. The van der Waals surface area contributed by atoms with Crippen LogP contribution >= 0.6 is 23.6 Å². The number of hydrogen-bond acceptors (Lipinski definition) is 3. The van der Waals surface area contributed by atoms with Crippen molar-refractivity contribution in [1.82, 2.24) is 10.3 Å². The lowest BCUT2D eigenvalue weighted by molar-refractivity contribution is 0.927. The van der Waals surface area contributed by atoms with Crippen LogP contribution in [0, 0.1) is 0 Å². The molecule has 5 heteroatoms. The fourth-order valence-electron chi connectivity index (χ4n) is 1.96. The molecule has 0 saturated heterocycles. The van der Waals surface area contributed by atoms with Crippen molar-refractivity contribution in [3.8, 4) is 0 Å². The summed E-state index contributed by atoms with van der Waals surface area (Å²) in [7, 11) is 0. The number of nitrogens with zero attached hydrogens (tertiary/aromatic N) is 1. The maximum absolute atomic E-state index is 5.24. The van der Waals surface area contributed by atoms with E-state index in [1.165, 1.54) is 27.7 Å². The highest BCUT2D eigenvalue weighted by Crippen LogP contribution is 2.15. The number of nitrogens with one attached hydrogen (secondary N) is 2. The minimum Gasteiger partial charge on any atom is -0.358 e. The van der Waals surface area contributed by atoms with Gasteiger partial charge >= 0.3 is 0 Å². The highest BCUT2D eigenvalue weighted by atomic mass is 32.1. The van der Waals surface area contributed by atoms with Crippen molar-refractivity contribution in [2.24, 2.45) is 0 Å². The lowest BCUT2D eigenvalue weighted by Crippen LogP contribution is -2.27. The van der Waals surface area contributed by atoms with E-state index in [1.54, 1.807) is 6.20 Å². The molecule has 0 unspecified atom stereocenters. The minimum atomic E-state index is 0.591. The van der Waals surface area contributed by atoms with Crippen molar-refractivity contribution in [3.05, 3.63) is 59.6 Å². The fraction of sp³-hybridized carbons (Fsp3) is 0.0667. The Labute approximate surface area is 126 Å². The molecule has 2 aromatic carbocycles. The van der Waals surface area contributed by atoms with Gasteiger partial charge in [0.25, 0.3) is 0 Å². The molecule has 3 rings (SSSR count). The quantitative estimate of drug-likeness (QED) is 0.722. The average molecular weight is 299 g/mol. The van der Waals surface area contributed by atoms with Crippen LogP contribution in [0.3, 0.4) is 0 Å². The molecule has 1 aromatic heterocycles. The van der Waals surface area contributed by atoms with Gasteiger partial charge in [0.1, 0.15) is 0 Å². The lowest BCUT2D eigenvalue weighted by Gasteiger charge is -2.09. The first-order valence-electron chi connectivity index (χ1n) is 6.23. The molecule has 0 aliphatic carbocycles. The number of fused-ring (bicyclic) bond motifs is 1. The summed E-state index contributed by atoms with van der Waals surface area (Å²) in [5.41, 5.74) is 1.20. The van der Waals surface area contributed by atoms with Gasteiger partial charge in [-0.1, -0.05) is 36.4 Å². The predicted octanol–water partition coefficient (Wildman–Crippen LogP) is 3.78. The van der Waals surface area contributed by atoms with Crippen LogP contribution in [0.15, 0.2) is 54.0 Å². The Morgan fingerprint density at radius 2 is 2.00 bits per heavy atom. The number of benzene rings is 2. The van der Waals surface area contributed by atoms with E-state index >= 15 is 0 Å². The van der Waals surface area contributed by atoms with Crippen LogP contribution in [0.2, 0.25) is 0 Å². The molecule has 0 aliphatic rings. The first-order valence-corrected chi connectivity index (χ1v) is 7.52. The second kappa shape index (κ2) is 5.98. The summed E-state index contributed by atoms with van der Waals surface area (Å²) in [6.45, 7) is 0.696. The Kier molecular flexibility index (Phi) is 3.90.